The van der Waals surface area contributed by atoms with E-state index in [4.69, 9.17) is 4.74 Å². The summed E-state index contributed by atoms with van der Waals surface area (Å²) in [6, 6.07) is 15.6. The molecule has 2 N–H and O–H groups in total. The van der Waals surface area contributed by atoms with E-state index >= 15 is 0 Å². The first-order chi connectivity index (χ1) is 11.7. The van der Waals surface area contributed by atoms with Gasteiger partial charge in [-0.3, -0.25) is 0 Å². The van der Waals surface area contributed by atoms with Gasteiger partial charge in [0.25, 0.3) is 0 Å². The quantitative estimate of drug-likeness (QED) is 0.667. The maximum atomic E-state index is 5.15. The van der Waals surface area contributed by atoms with Crippen molar-refractivity contribution in [1.29, 1.82) is 0 Å². The number of hydrogen-bond acceptors (Lipinski definition) is 6. The van der Waals surface area contributed by atoms with Crippen molar-refractivity contribution in [2.45, 2.75) is 6.54 Å². The Labute approximate surface area is 148 Å². The van der Waals surface area contributed by atoms with Crippen molar-refractivity contribution in [2.24, 2.45) is 0 Å². The molecule has 0 aliphatic heterocycles. The van der Waals surface area contributed by atoms with Crippen LogP contribution in [0, 0.1) is 0 Å². The summed E-state index contributed by atoms with van der Waals surface area (Å²) in [5.74, 6) is 1.93. The van der Waals surface area contributed by atoms with E-state index in [1.54, 1.807) is 13.3 Å². The SMILES string of the molecule is COc1ccc(CNc2nncc(Nc3ccc(Br)cc3)n2)cc1. The third-order valence-corrected chi connectivity index (χ3v) is 3.81. The number of methoxy groups -OCH3 is 1. The van der Waals surface area contributed by atoms with E-state index in [9.17, 15) is 0 Å². The Balaban J connectivity index is 1.63. The molecule has 0 fully saturated rings. The molecule has 0 amide bonds. The molecule has 1 aromatic heterocycles. The Morgan fingerprint density at radius 2 is 1.79 bits per heavy atom. The fourth-order valence-corrected chi connectivity index (χ4v) is 2.31. The molecule has 6 nitrogen and oxygen atoms in total. The molecule has 0 aliphatic carbocycles. The third-order valence-electron chi connectivity index (χ3n) is 3.29. The minimum absolute atomic E-state index is 0.466. The van der Waals surface area contributed by atoms with Gasteiger partial charge in [-0.05, 0) is 42.0 Å². The second-order valence-corrected chi connectivity index (χ2v) is 5.91. The number of nitrogens with one attached hydrogen (secondary N) is 2. The minimum atomic E-state index is 0.466. The van der Waals surface area contributed by atoms with Crippen molar-refractivity contribution in [3.05, 3.63) is 64.8 Å². The lowest BCUT2D eigenvalue weighted by Crippen LogP contribution is -2.06. The number of benzene rings is 2. The molecule has 0 spiro atoms. The standard InChI is InChI=1S/C17H16BrN5O/c1-24-15-8-2-12(3-9-15)10-19-17-22-16(11-20-23-17)21-14-6-4-13(18)5-7-14/h2-9,11H,10H2,1H3,(H2,19,21,22,23). The summed E-state index contributed by atoms with van der Waals surface area (Å²) in [5.41, 5.74) is 2.03. The van der Waals surface area contributed by atoms with Gasteiger partial charge in [-0.15, -0.1) is 5.10 Å². The van der Waals surface area contributed by atoms with E-state index in [0.717, 1.165) is 21.5 Å². The minimum Gasteiger partial charge on any atom is -0.497 e. The van der Waals surface area contributed by atoms with Crippen molar-refractivity contribution >= 4 is 33.4 Å². The van der Waals surface area contributed by atoms with Gasteiger partial charge >= 0.3 is 0 Å². The van der Waals surface area contributed by atoms with Crippen molar-refractivity contribution < 1.29 is 4.74 Å². The first-order valence-electron chi connectivity index (χ1n) is 7.32. The Bertz CT molecular complexity index is 793. The highest BCUT2D eigenvalue weighted by Crippen LogP contribution is 2.18. The number of aromatic nitrogens is 3. The van der Waals surface area contributed by atoms with Gasteiger partial charge in [-0.1, -0.05) is 28.1 Å². The van der Waals surface area contributed by atoms with Crippen LogP contribution in [-0.4, -0.2) is 22.3 Å². The fourth-order valence-electron chi connectivity index (χ4n) is 2.04. The normalized spacial score (nSPS) is 10.2. The number of anilines is 3. The monoisotopic (exact) mass is 385 g/mol. The Hall–Kier alpha value is -2.67. The second-order valence-electron chi connectivity index (χ2n) is 5.00. The van der Waals surface area contributed by atoms with E-state index in [1.165, 1.54) is 0 Å². The van der Waals surface area contributed by atoms with Crippen molar-refractivity contribution in [2.75, 3.05) is 17.7 Å². The largest absolute Gasteiger partial charge is 0.497 e. The van der Waals surface area contributed by atoms with Crippen LogP contribution in [0.5, 0.6) is 5.75 Å². The molecule has 0 saturated carbocycles. The number of nitrogens with zero attached hydrogens (tertiary/aromatic N) is 3. The van der Waals surface area contributed by atoms with Crippen LogP contribution < -0.4 is 15.4 Å². The summed E-state index contributed by atoms with van der Waals surface area (Å²) in [6.07, 6.45) is 1.58. The first-order valence-corrected chi connectivity index (χ1v) is 8.11. The van der Waals surface area contributed by atoms with Crippen molar-refractivity contribution in [1.82, 2.24) is 15.2 Å². The van der Waals surface area contributed by atoms with E-state index in [1.807, 2.05) is 48.5 Å². The highest BCUT2D eigenvalue weighted by atomic mass is 79.9. The molecule has 1 heterocycles. The summed E-state index contributed by atoms with van der Waals surface area (Å²) in [4.78, 5) is 4.41. The van der Waals surface area contributed by atoms with Crippen molar-refractivity contribution in [3.8, 4) is 5.75 Å². The molecule has 0 aliphatic rings. The van der Waals surface area contributed by atoms with E-state index < -0.39 is 0 Å². The third kappa shape index (κ3) is 4.42. The van der Waals surface area contributed by atoms with Gasteiger partial charge in [0, 0.05) is 16.7 Å². The zero-order valence-corrected chi connectivity index (χ0v) is 14.6. The van der Waals surface area contributed by atoms with Gasteiger partial charge in [-0.2, -0.15) is 10.1 Å². The molecule has 0 radical (unpaired) electrons. The molecule has 0 atom stereocenters. The lowest BCUT2D eigenvalue weighted by molar-refractivity contribution is 0.414. The molecule has 0 bridgehead atoms. The molecular weight excluding hydrogens is 370 g/mol. The molecule has 0 unspecified atom stereocenters. The lowest BCUT2D eigenvalue weighted by Gasteiger charge is -2.08. The summed E-state index contributed by atoms with van der Waals surface area (Å²) in [7, 11) is 1.65. The lowest BCUT2D eigenvalue weighted by atomic mass is 10.2. The van der Waals surface area contributed by atoms with Gasteiger partial charge < -0.3 is 15.4 Å². The molecule has 0 saturated heterocycles. The Morgan fingerprint density at radius 1 is 1.04 bits per heavy atom. The Morgan fingerprint density at radius 3 is 2.50 bits per heavy atom. The van der Waals surface area contributed by atoms with Crippen LogP contribution in [0.25, 0.3) is 0 Å². The second kappa shape index (κ2) is 7.74. The van der Waals surface area contributed by atoms with Crippen LogP contribution in [-0.2, 0) is 6.54 Å². The maximum absolute atomic E-state index is 5.15. The summed E-state index contributed by atoms with van der Waals surface area (Å²) < 4.78 is 6.17. The zero-order valence-electron chi connectivity index (χ0n) is 13.0. The average molecular weight is 386 g/mol. The van der Waals surface area contributed by atoms with E-state index in [-0.39, 0.29) is 0 Å². The smallest absolute Gasteiger partial charge is 0.244 e. The number of halogens is 1. The van der Waals surface area contributed by atoms with Gasteiger partial charge in [0.2, 0.25) is 5.95 Å². The number of rotatable bonds is 6. The van der Waals surface area contributed by atoms with Crippen LogP contribution in [0.3, 0.4) is 0 Å². The van der Waals surface area contributed by atoms with Crippen LogP contribution in [0.2, 0.25) is 0 Å². The average Bonchev–Trinajstić information content (AvgIpc) is 2.63. The van der Waals surface area contributed by atoms with Crippen LogP contribution in [0.4, 0.5) is 17.5 Å². The van der Waals surface area contributed by atoms with Gasteiger partial charge in [0.05, 0.1) is 13.3 Å². The van der Waals surface area contributed by atoms with E-state index in [0.29, 0.717) is 18.3 Å². The molecule has 3 aromatic rings. The van der Waals surface area contributed by atoms with Crippen LogP contribution in [0.15, 0.2) is 59.2 Å². The zero-order chi connectivity index (χ0) is 16.8. The predicted octanol–water partition coefficient (Wildman–Crippen LogP) is 4.00. The number of ether oxygens (including phenoxy) is 1. The van der Waals surface area contributed by atoms with Crippen LogP contribution in [0.1, 0.15) is 5.56 Å². The van der Waals surface area contributed by atoms with Crippen LogP contribution >= 0.6 is 15.9 Å². The van der Waals surface area contributed by atoms with Gasteiger partial charge in [0.15, 0.2) is 5.82 Å². The molecule has 122 valence electrons. The fraction of sp³-hybridized carbons (Fsp3) is 0.118. The molecular formula is C17H16BrN5O. The summed E-state index contributed by atoms with van der Waals surface area (Å²) in [5, 5.41) is 14.3. The Kier molecular flexibility index (Phi) is 5.22. The number of hydrogen-bond donors (Lipinski definition) is 2. The molecule has 3 rings (SSSR count). The maximum Gasteiger partial charge on any atom is 0.244 e. The first kappa shape index (κ1) is 16.2. The molecule has 7 heteroatoms. The molecule has 2 aromatic carbocycles. The molecule has 24 heavy (non-hydrogen) atoms. The summed E-state index contributed by atoms with van der Waals surface area (Å²) >= 11 is 3.41. The summed E-state index contributed by atoms with van der Waals surface area (Å²) in [6.45, 7) is 0.605. The van der Waals surface area contributed by atoms with Gasteiger partial charge in [-0.25, -0.2) is 0 Å². The predicted molar refractivity (Wildman–Crippen MR) is 97.6 cm³/mol. The highest BCUT2D eigenvalue weighted by molar-refractivity contribution is 9.10. The van der Waals surface area contributed by atoms with Crippen molar-refractivity contribution in [3.63, 3.8) is 0 Å². The highest BCUT2D eigenvalue weighted by Gasteiger charge is 2.02. The topological polar surface area (TPSA) is 72.0 Å². The van der Waals surface area contributed by atoms with Gasteiger partial charge in [0.1, 0.15) is 5.75 Å². The van der Waals surface area contributed by atoms with E-state index in [2.05, 4.69) is 41.7 Å².